The molecule has 25 heavy (non-hydrogen) atoms. The van der Waals surface area contributed by atoms with Crippen molar-refractivity contribution >= 4 is 10.0 Å². The number of nitrogens with one attached hydrogen (secondary N) is 1. The third-order valence-electron chi connectivity index (χ3n) is 3.97. The number of aromatic nitrogens is 2. The van der Waals surface area contributed by atoms with Crippen LogP contribution in [0.1, 0.15) is 35.8 Å². The van der Waals surface area contributed by atoms with Gasteiger partial charge in [0, 0.05) is 12.5 Å². The molecule has 1 aliphatic carbocycles. The van der Waals surface area contributed by atoms with Gasteiger partial charge in [-0.25, -0.2) is 13.1 Å². The predicted molar refractivity (Wildman–Crippen MR) is 89.2 cm³/mol. The van der Waals surface area contributed by atoms with Crippen LogP contribution in [0.4, 0.5) is 0 Å². The highest BCUT2D eigenvalue weighted by Gasteiger charge is 2.30. The van der Waals surface area contributed by atoms with E-state index in [4.69, 9.17) is 8.83 Å². The Hall–Kier alpha value is -2.45. The number of nitrogens with zero attached hydrogens (tertiary/aromatic N) is 2. The summed E-state index contributed by atoms with van der Waals surface area (Å²) in [6.07, 6.45) is 2.09. The number of hydrogen-bond acceptors (Lipinski definition) is 6. The minimum Gasteiger partial charge on any atom is -0.438 e. The molecular formula is C17H17N3O4S. The number of rotatable bonds is 6. The number of hydrogen-bond donors (Lipinski definition) is 1. The SMILES string of the molecule is Cc1cccc(CNS(=O)(=O)c2ccc(-c3nnc(C4CC4)o3)o2)c1. The monoisotopic (exact) mass is 359 g/mol. The molecule has 4 rings (SSSR count). The van der Waals surface area contributed by atoms with E-state index >= 15 is 0 Å². The molecule has 1 fully saturated rings. The van der Waals surface area contributed by atoms with Gasteiger partial charge in [0.2, 0.25) is 11.0 Å². The average molecular weight is 359 g/mol. The first kappa shape index (κ1) is 16.0. The molecule has 2 aromatic heterocycles. The molecule has 0 radical (unpaired) electrons. The smallest absolute Gasteiger partial charge is 0.283 e. The van der Waals surface area contributed by atoms with Crippen LogP contribution in [0.25, 0.3) is 11.7 Å². The summed E-state index contributed by atoms with van der Waals surface area (Å²) in [5.74, 6) is 1.35. The topological polar surface area (TPSA) is 98.2 Å². The van der Waals surface area contributed by atoms with Gasteiger partial charge in [0.25, 0.3) is 15.9 Å². The van der Waals surface area contributed by atoms with E-state index < -0.39 is 10.0 Å². The summed E-state index contributed by atoms with van der Waals surface area (Å²) >= 11 is 0. The molecule has 7 nitrogen and oxygen atoms in total. The lowest BCUT2D eigenvalue weighted by molar-refractivity contribution is 0.431. The van der Waals surface area contributed by atoms with Crippen molar-refractivity contribution in [2.45, 2.75) is 37.3 Å². The molecule has 0 bridgehead atoms. The van der Waals surface area contributed by atoms with Gasteiger partial charge in [-0.3, -0.25) is 0 Å². The maximum atomic E-state index is 12.4. The average Bonchev–Trinajstić information content (AvgIpc) is 3.11. The van der Waals surface area contributed by atoms with Gasteiger partial charge < -0.3 is 8.83 Å². The van der Waals surface area contributed by atoms with Crippen LogP contribution in [0.15, 0.2) is 50.3 Å². The molecule has 2 heterocycles. The second-order valence-corrected chi connectivity index (χ2v) is 7.85. The summed E-state index contributed by atoms with van der Waals surface area (Å²) in [6.45, 7) is 2.14. The lowest BCUT2D eigenvalue weighted by Crippen LogP contribution is -2.22. The van der Waals surface area contributed by atoms with Crippen molar-refractivity contribution in [1.29, 1.82) is 0 Å². The Morgan fingerprint density at radius 2 is 2.00 bits per heavy atom. The van der Waals surface area contributed by atoms with E-state index in [-0.39, 0.29) is 23.3 Å². The molecule has 0 saturated heterocycles. The third-order valence-corrected chi connectivity index (χ3v) is 5.25. The molecule has 1 saturated carbocycles. The molecule has 1 aromatic carbocycles. The van der Waals surface area contributed by atoms with Crippen molar-refractivity contribution < 1.29 is 17.3 Å². The first-order chi connectivity index (χ1) is 12.0. The van der Waals surface area contributed by atoms with Gasteiger partial charge in [-0.05, 0) is 37.5 Å². The molecule has 0 amide bonds. The van der Waals surface area contributed by atoms with Crippen molar-refractivity contribution in [3.63, 3.8) is 0 Å². The summed E-state index contributed by atoms with van der Waals surface area (Å²) in [5.41, 5.74) is 1.95. The number of aryl methyl sites for hydroxylation is 1. The van der Waals surface area contributed by atoms with Crippen LogP contribution in [0, 0.1) is 6.92 Å². The van der Waals surface area contributed by atoms with Crippen LogP contribution >= 0.6 is 0 Å². The fourth-order valence-corrected chi connectivity index (χ4v) is 3.43. The minimum atomic E-state index is -3.76. The first-order valence-corrected chi connectivity index (χ1v) is 9.48. The number of furan rings is 1. The van der Waals surface area contributed by atoms with Crippen molar-refractivity contribution in [3.8, 4) is 11.7 Å². The lowest BCUT2D eigenvalue weighted by atomic mass is 10.1. The quantitative estimate of drug-likeness (QED) is 0.726. The van der Waals surface area contributed by atoms with Crippen molar-refractivity contribution in [3.05, 3.63) is 53.4 Å². The zero-order chi connectivity index (χ0) is 17.4. The fraction of sp³-hybridized carbons (Fsp3) is 0.294. The summed E-state index contributed by atoms with van der Waals surface area (Å²) in [7, 11) is -3.76. The second-order valence-electron chi connectivity index (χ2n) is 6.15. The molecule has 0 aliphatic heterocycles. The Bertz CT molecular complexity index is 1000. The van der Waals surface area contributed by atoms with E-state index in [1.165, 1.54) is 12.1 Å². The molecule has 1 aliphatic rings. The van der Waals surface area contributed by atoms with Gasteiger partial charge in [-0.15, -0.1) is 10.2 Å². The maximum absolute atomic E-state index is 12.4. The standard InChI is InChI=1S/C17H17N3O4S/c1-11-3-2-4-12(9-11)10-18-25(21,22)15-8-7-14(23-15)17-20-19-16(24-17)13-5-6-13/h2-4,7-9,13,18H,5-6,10H2,1H3. The molecule has 0 atom stereocenters. The van der Waals surface area contributed by atoms with Crippen molar-refractivity contribution in [2.24, 2.45) is 0 Å². The zero-order valence-electron chi connectivity index (χ0n) is 13.6. The highest BCUT2D eigenvalue weighted by atomic mass is 32.2. The maximum Gasteiger partial charge on any atom is 0.283 e. The van der Waals surface area contributed by atoms with Crippen LogP contribution < -0.4 is 4.72 Å². The Morgan fingerprint density at radius 3 is 2.76 bits per heavy atom. The summed E-state index contributed by atoms with van der Waals surface area (Å²) in [4.78, 5) is 0. The van der Waals surface area contributed by atoms with Crippen molar-refractivity contribution in [1.82, 2.24) is 14.9 Å². The van der Waals surface area contributed by atoms with E-state index in [2.05, 4.69) is 14.9 Å². The Labute approximate surface area is 145 Å². The van der Waals surface area contributed by atoms with Crippen LogP contribution in [0.5, 0.6) is 0 Å². The summed E-state index contributed by atoms with van der Waals surface area (Å²) in [6, 6.07) is 10.5. The van der Waals surface area contributed by atoms with E-state index in [9.17, 15) is 8.42 Å². The lowest BCUT2D eigenvalue weighted by Gasteiger charge is -2.05. The highest BCUT2D eigenvalue weighted by molar-refractivity contribution is 7.89. The van der Waals surface area contributed by atoms with Gasteiger partial charge in [0.1, 0.15) is 0 Å². The predicted octanol–water partition coefficient (Wildman–Crippen LogP) is 2.99. The van der Waals surface area contributed by atoms with Gasteiger partial charge in [0.05, 0.1) is 0 Å². The Morgan fingerprint density at radius 1 is 1.16 bits per heavy atom. The van der Waals surface area contributed by atoms with Crippen LogP contribution in [0.3, 0.4) is 0 Å². The van der Waals surface area contributed by atoms with Gasteiger partial charge >= 0.3 is 0 Å². The normalized spacial score (nSPS) is 14.8. The van der Waals surface area contributed by atoms with Crippen molar-refractivity contribution in [2.75, 3.05) is 0 Å². The Balaban J connectivity index is 1.49. The molecule has 130 valence electrons. The molecular weight excluding hydrogens is 342 g/mol. The van der Waals surface area contributed by atoms with E-state index in [1.54, 1.807) is 0 Å². The molecule has 3 aromatic rings. The van der Waals surface area contributed by atoms with Gasteiger partial charge in [-0.2, -0.15) is 0 Å². The second kappa shape index (κ2) is 6.12. The molecule has 0 unspecified atom stereocenters. The molecule has 8 heteroatoms. The van der Waals surface area contributed by atoms with E-state index in [1.807, 2.05) is 31.2 Å². The number of benzene rings is 1. The first-order valence-electron chi connectivity index (χ1n) is 8.00. The fourth-order valence-electron chi connectivity index (χ4n) is 2.48. The van der Waals surface area contributed by atoms with Gasteiger partial charge in [0.15, 0.2) is 5.76 Å². The van der Waals surface area contributed by atoms with E-state index in [0.717, 1.165) is 24.0 Å². The largest absolute Gasteiger partial charge is 0.438 e. The molecule has 0 spiro atoms. The van der Waals surface area contributed by atoms with Crippen LogP contribution in [0.2, 0.25) is 0 Å². The van der Waals surface area contributed by atoms with Crippen LogP contribution in [-0.2, 0) is 16.6 Å². The summed E-state index contributed by atoms with van der Waals surface area (Å²) < 4.78 is 38.2. The minimum absolute atomic E-state index is 0.179. The van der Waals surface area contributed by atoms with Crippen LogP contribution in [-0.4, -0.2) is 18.6 Å². The third kappa shape index (κ3) is 3.49. The summed E-state index contributed by atoms with van der Waals surface area (Å²) in [5, 5.41) is 7.71. The van der Waals surface area contributed by atoms with E-state index in [0.29, 0.717) is 11.8 Å². The highest BCUT2D eigenvalue weighted by Crippen LogP contribution is 2.40. The zero-order valence-corrected chi connectivity index (χ0v) is 14.4. The molecule has 1 N–H and O–H groups in total. The van der Waals surface area contributed by atoms with Gasteiger partial charge in [-0.1, -0.05) is 29.8 Å². The Kier molecular flexibility index (Phi) is 3.93. The number of sulfonamides is 1.